The zero-order valence-electron chi connectivity index (χ0n) is 7.01. The van der Waals surface area contributed by atoms with Gasteiger partial charge in [0.15, 0.2) is 0 Å². The Kier molecular flexibility index (Phi) is 6.96. The number of nitrogens with zero attached hydrogens (tertiary/aromatic N) is 1. The van der Waals surface area contributed by atoms with Crippen LogP contribution in [-0.2, 0) is 10.4 Å². The van der Waals surface area contributed by atoms with E-state index < -0.39 is 10.4 Å². The lowest BCUT2D eigenvalue weighted by molar-refractivity contribution is 0.381. The van der Waals surface area contributed by atoms with Gasteiger partial charge in [-0.15, -0.1) is 0 Å². The maximum absolute atomic E-state index is 8.74. The minimum absolute atomic E-state index is 1.04. The van der Waals surface area contributed by atoms with Crippen LogP contribution in [0.25, 0.3) is 0 Å². The summed E-state index contributed by atoms with van der Waals surface area (Å²) in [6, 6.07) is 7.89. The summed E-state index contributed by atoms with van der Waals surface area (Å²) in [5.74, 6) is 0. The van der Waals surface area contributed by atoms with Crippen molar-refractivity contribution in [1.29, 1.82) is 0 Å². The number of benzene rings is 1. The molecule has 0 spiro atoms. The van der Waals surface area contributed by atoms with Crippen molar-refractivity contribution in [2.24, 2.45) is 0 Å². The van der Waals surface area contributed by atoms with Gasteiger partial charge in [0.05, 0.1) is 38.0 Å². The molecule has 9 heteroatoms. The normalized spacial score (nSPS) is 10.2. The van der Waals surface area contributed by atoms with Gasteiger partial charge in [-0.25, -0.2) is 2.95 Å². The highest BCUT2D eigenvalue weighted by Gasteiger charge is 2.00. The fourth-order valence-electron chi connectivity index (χ4n) is 0.589. The molecule has 0 atom stereocenters. The fraction of sp³-hybridized carbons (Fsp3) is 0. The fourth-order valence-corrected chi connectivity index (χ4v) is 2.15. The van der Waals surface area contributed by atoms with E-state index in [0.717, 1.165) is 10.2 Å². The molecule has 0 aliphatic heterocycles. The van der Waals surface area contributed by atoms with Crippen LogP contribution in [0.4, 0.5) is 5.69 Å². The van der Waals surface area contributed by atoms with Crippen molar-refractivity contribution in [3.8, 4) is 0 Å². The summed E-state index contributed by atoms with van der Waals surface area (Å²) in [6.45, 7) is 0. The molecule has 0 aliphatic rings. The third kappa shape index (κ3) is 9.27. The standard InChI is InChI=1S/C6H4Br3N.H2O4S/c7-5-3-1-2-4-6(5)10(8)9;1-5(2,3)4/h1-4H;(H2,1,2,3,4). The Morgan fingerprint density at radius 3 is 1.80 bits per heavy atom. The molecule has 0 radical (unpaired) electrons. The highest BCUT2D eigenvalue weighted by atomic mass is 79.9. The maximum atomic E-state index is 8.74. The summed E-state index contributed by atoms with van der Waals surface area (Å²) in [4.78, 5) is 0. The average molecular weight is 428 g/mol. The summed E-state index contributed by atoms with van der Waals surface area (Å²) < 4.78 is 34.3. The van der Waals surface area contributed by atoms with E-state index in [2.05, 4.69) is 48.2 Å². The van der Waals surface area contributed by atoms with Crippen molar-refractivity contribution in [3.05, 3.63) is 28.7 Å². The van der Waals surface area contributed by atoms with Gasteiger partial charge >= 0.3 is 10.4 Å². The zero-order valence-corrected chi connectivity index (χ0v) is 12.6. The van der Waals surface area contributed by atoms with E-state index in [1.807, 2.05) is 24.3 Å². The molecule has 86 valence electrons. The van der Waals surface area contributed by atoms with Crippen molar-refractivity contribution < 1.29 is 17.5 Å². The molecule has 0 bridgehead atoms. The number of rotatable bonds is 1. The Morgan fingerprint density at radius 2 is 1.53 bits per heavy atom. The van der Waals surface area contributed by atoms with Gasteiger partial charge in [-0.05, 0) is 28.1 Å². The molecule has 0 saturated heterocycles. The lowest BCUT2D eigenvalue weighted by Gasteiger charge is -2.07. The molecule has 0 heterocycles. The van der Waals surface area contributed by atoms with Crippen LogP contribution < -0.4 is 2.95 Å². The summed E-state index contributed by atoms with van der Waals surface area (Å²) >= 11 is 9.90. The topological polar surface area (TPSA) is 77.8 Å². The second kappa shape index (κ2) is 6.81. The minimum Gasteiger partial charge on any atom is -0.264 e. The second-order valence-corrected chi connectivity index (χ2v) is 6.25. The Labute approximate surface area is 113 Å². The molecular weight excluding hydrogens is 422 g/mol. The molecule has 2 N–H and O–H groups in total. The van der Waals surface area contributed by atoms with E-state index in [0.29, 0.717) is 0 Å². The number of halogens is 3. The molecule has 0 aromatic heterocycles. The first-order valence-corrected chi connectivity index (χ1v) is 6.89. The van der Waals surface area contributed by atoms with Gasteiger partial charge in [-0.2, -0.15) is 8.42 Å². The van der Waals surface area contributed by atoms with E-state index in [-0.39, 0.29) is 0 Å². The second-order valence-electron chi connectivity index (χ2n) is 2.13. The van der Waals surface area contributed by atoms with Crippen LogP contribution in [-0.4, -0.2) is 17.5 Å². The molecule has 1 aromatic rings. The number of hydrogen-bond acceptors (Lipinski definition) is 3. The van der Waals surface area contributed by atoms with Gasteiger partial charge < -0.3 is 0 Å². The van der Waals surface area contributed by atoms with Gasteiger partial charge in [-0.3, -0.25) is 9.11 Å². The van der Waals surface area contributed by atoms with E-state index in [1.54, 1.807) is 2.95 Å². The summed E-state index contributed by atoms with van der Waals surface area (Å²) in [6.07, 6.45) is 0. The Morgan fingerprint density at radius 1 is 1.13 bits per heavy atom. The van der Waals surface area contributed by atoms with Crippen LogP contribution in [0.2, 0.25) is 0 Å². The van der Waals surface area contributed by atoms with Crippen LogP contribution in [0.15, 0.2) is 28.7 Å². The smallest absolute Gasteiger partial charge is 0.264 e. The zero-order chi connectivity index (χ0) is 12.1. The Hall–Kier alpha value is 0.330. The van der Waals surface area contributed by atoms with E-state index in [4.69, 9.17) is 17.5 Å². The molecule has 0 fully saturated rings. The predicted molar refractivity (Wildman–Crippen MR) is 68.7 cm³/mol. The van der Waals surface area contributed by atoms with Gasteiger partial charge in [-0.1, -0.05) is 12.1 Å². The lowest BCUT2D eigenvalue weighted by atomic mass is 10.3. The molecule has 15 heavy (non-hydrogen) atoms. The lowest BCUT2D eigenvalue weighted by Crippen LogP contribution is -1.89. The molecule has 0 unspecified atom stereocenters. The maximum Gasteiger partial charge on any atom is 0.394 e. The summed E-state index contributed by atoms with van der Waals surface area (Å²) in [5, 5.41) is 0. The van der Waals surface area contributed by atoms with Crippen LogP contribution >= 0.6 is 48.2 Å². The first kappa shape index (κ1) is 15.3. The number of para-hydroxylation sites is 1. The van der Waals surface area contributed by atoms with Crippen molar-refractivity contribution in [1.82, 2.24) is 0 Å². The van der Waals surface area contributed by atoms with Gasteiger partial charge in [0, 0.05) is 4.47 Å². The van der Waals surface area contributed by atoms with E-state index >= 15 is 0 Å². The van der Waals surface area contributed by atoms with Crippen LogP contribution in [0.5, 0.6) is 0 Å². The highest BCUT2D eigenvalue weighted by molar-refractivity contribution is 9.25. The number of anilines is 1. The van der Waals surface area contributed by atoms with Gasteiger partial charge in [0.1, 0.15) is 0 Å². The first-order valence-electron chi connectivity index (χ1n) is 3.28. The molecule has 1 rings (SSSR count). The Balaban J connectivity index is 0.000000336. The van der Waals surface area contributed by atoms with E-state index in [9.17, 15) is 0 Å². The molecular formula is C6H6Br3NO4S. The largest absolute Gasteiger partial charge is 0.394 e. The van der Waals surface area contributed by atoms with Crippen LogP contribution in [0, 0.1) is 0 Å². The molecule has 0 saturated carbocycles. The third-order valence-electron chi connectivity index (χ3n) is 1.03. The van der Waals surface area contributed by atoms with Crippen LogP contribution in [0.3, 0.4) is 0 Å². The Bertz CT molecular complexity index is 401. The molecule has 0 aliphatic carbocycles. The third-order valence-corrected chi connectivity index (χ3v) is 2.47. The van der Waals surface area contributed by atoms with Crippen molar-refractivity contribution in [2.45, 2.75) is 0 Å². The quantitative estimate of drug-likeness (QED) is 0.531. The molecule has 5 nitrogen and oxygen atoms in total. The van der Waals surface area contributed by atoms with Gasteiger partial charge in [0.25, 0.3) is 0 Å². The SMILES string of the molecule is Brc1ccccc1N(Br)Br.O=S(=O)(O)O. The molecule has 0 amide bonds. The summed E-state index contributed by atoms with van der Waals surface area (Å²) in [7, 11) is -4.67. The average Bonchev–Trinajstić information content (AvgIpc) is 2.01. The van der Waals surface area contributed by atoms with Crippen molar-refractivity contribution in [3.63, 3.8) is 0 Å². The molecule has 1 aromatic carbocycles. The first-order chi connectivity index (χ1) is 6.72. The highest BCUT2D eigenvalue weighted by Crippen LogP contribution is 2.29. The van der Waals surface area contributed by atoms with Gasteiger partial charge in [0.2, 0.25) is 0 Å². The van der Waals surface area contributed by atoms with E-state index in [1.165, 1.54) is 0 Å². The number of hydrogen-bond donors (Lipinski definition) is 2. The van der Waals surface area contributed by atoms with Crippen LogP contribution in [0.1, 0.15) is 0 Å². The minimum atomic E-state index is -4.67. The monoisotopic (exact) mass is 425 g/mol. The predicted octanol–water partition coefficient (Wildman–Crippen LogP) is 3.22. The van der Waals surface area contributed by atoms with Crippen molar-refractivity contribution in [2.75, 3.05) is 2.95 Å². The summed E-state index contributed by atoms with van der Waals surface area (Å²) in [5.41, 5.74) is 1.04. The van der Waals surface area contributed by atoms with Crippen molar-refractivity contribution >= 4 is 64.3 Å².